The lowest BCUT2D eigenvalue weighted by atomic mass is 9.90. The Morgan fingerprint density at radius 3 is 2.19 bits per heavy atom. The summed E-state index contributed by atoms with van der Waals surface area (Å²) in [5.74, 6) is 0. The molecule has 2 rings (SSSR count). The molecule has 0 aliphatic carbocycles. The first kappa shape index (κ1) is 11.0. The number of nitrogens with one attached hydrogen (secondary N) is 2. The zero-order chi connectivity index (χ0) is 11.4. The minimum absolute atomic E-state index is 0.187. The molecular weight excluding hydrogens is 206 g/mol. The Morgan fingerprint density at radius 1 is 1.12 bits per heavy atom. The molecule has 0 amide bonds. The van der Waals surface area contributed by atoms with E-state index >= 15 is 0 Å². The maximum Gasteiger partial charge on any atom is 0.271 e. The zero-order valence-corrected chi connectivity index (χ0v) is 8.98. The van der Waals surface area contributed by atoms with Crippen LogP contribution in [0.3, 0.4) is 0 Å². The van der Waals surface area contributed by atoms with Gasteiger partial charge in [0.15, 0.2) is 0 Å². The molecule has 0 saturated carbocycles. The van der Waals surface area contributed by atoms with Gasteiger partial charge in [-0.1, -0.05) is 30.3 Å². The molecule has 1 aromatic rings. The second kappa shape index (κ2) is 4.59. The van der Waals surface area contributed by atoms with E-state index in [0.29, 0.717) is 13.1 Å². The summed E-state index contributed by atoms with van der Waals surface area (Å²) in [6, 6.07) is 9.18. The van der Waals surface area contributed by atoms with E-state index in [-0.39, 0.29) is 4.92 Å². The molecule has 0 bridgehead atoms. The molecule has 1 fully saturated rings. The molecule has 5 heteroatoms. The first-order valence-electron chi connectivity index (χ1n) is 5.37. The number of nitro groups is 1. The van der Waals surface area contributed by atoms with Gasteiger partial charge in [-0.3, -0.25) is 10.1 Å². The molecule has 16 heavy (non-hydrogen) atoms. The van der Waals surface area contributed by atoms with Crippen molar-refractivity contribution in [2.75, 3.05) is 26.2 Å². The molecule has 0 aromatic heterocycles. The lowest BCUT2D eigenvalue weighted by Gasteiger charge is -2.24. The van der Waals surface area contributed by atoms with Crippen molar-refractivity contribution in [2.45, 2.75) is 5.54 Å². The first-order chi connectivity index (χ1) is 7.76. The van der Waals surface area contributed by atoms with Crippen LogP contribution in [0.15, 0.2) is 30.3 Å². The SMILES string of the molecule is O=[N+]([O-])C1(c2ccccc2)CNCCNC1. The van der Waals surface area contributed by atoms with Crippen LogP contribution in [0.1, 0.15) is 5.56 Å². The van der Waals surface area contributed by atoms with Gasteiger partial charge in [-0.2, -0.15) is 0 Å². The summed E-state index contributed by atoms with van der Waals surface area (Å²) < 4.78 is 0. The van der Waals surface area contributed by atoms with Crippen molar-refractivity contribution in [3.05, 3.63) is 46.0 Å². The van der Waals surface area contributed by atoms with Crippen molar-refractivity contribution < 1.29 is 4.92 Å². The number of nitrogens with zero attached hydrogens (tertiary/aromatic N) is 1. The molecule has 1 aliphatic rings. The summed E-state index contributed by atoms with van der Waals surface area (Å²) in [4.78, 5) is 11.2. The van der Waals surface area contributed by atoms with E-state index in [4.69, 9.17) is 0 Å². The molecule has 0 atom stereocenters. The maximum atomic E-state index is 11.4. The fraction of sp³-hybridized carbons (Fsp3) is 0.455. The van der Waals surface area contributed by atoms with Crippen LogP contribution in [0.4, 0.5) is 0 Å². The quantitative estimate of drug-likeness (QED) is 0.558. The summed E-state index contributed by atoms with van der Waals surface area (Å²) >= 11 is 0. The van der Waals surface area contributed by atoms with Gasteiger partial charge in [0, 0.05) is 23.6 Å². The monoisotopic (exact) mass is 221 g/mol. The van der Waals surface area contributed by atoms with Gasteiger partial charge >= 0.3 is 0 Å². The van der Waals surface area contributed by atoms with Crippen LogP contribution < -0.4 is 10.6 Å². The molecule has 0 spiro atoms. The van der Waals surface area contributed by atoms with Crippen molar-refractivity contribution in [3.8, 4) is 0 Å². The van der Waals surface area contributed by atoms with Gasteiger partial charge in [-0.05, 0) is 0 Å². The van der Waals surface area contributed by atoms with E-state index in [1.807, 2.05) is 30.3 Å². The highest BCUT2D eigenvalue weighted by molar-refractivity contribution is 5.23. The largest absolute Gasteiger partial charge is 0.309 e. The standard InChI is InChI=1S/C11H15N3O2/c15-14(16)11(8-12-6-7-13-9-11)10-4-2-1-3-5-10/h1-5,12-13H,6-9H2. The third-order valence-electron chi connectivity index (χ3n) is 2.97. The Hall–Kier alpha value is -1.46. The van der Waals surface area contributed by atoms with Crippen molar-refractivity contribution in [2.24, 2.45) is 0 Å². The normalized spacial score (nSPS) is 20.0. The van der Waals surface area contributed by atoms with Gasteiger partial charge in [-0.25, -0.2) is 0 Å². The molecule has 1 aliphatic heterocycles. The Labute approximate surface area is 94.0 Å². The molecule has 1 saturated heterocycles. The van der Waals surface area contributed by atoms with Crippen LogP contribution in [0.2, 0.25) is 0 Å². The zero-order valence-electron chi connectivity index (χ0n) is 8.98. The number of hydrogen-bond donors (Lipinski definition) is 2. The highest BCUT2D eigenvalue weighted by atomic mass is 16.6. The Morgan fingerprint density at radius 2 is 1.69 bits per heavy atom. The average Bonchev–Trinajstić information content (AvgIpc) is 2.56. The lowest BCUT2D eigenvalue weighted by molar-refractivity contribution is -0.574. The molecule has 2 N–H and O–H groups in total. The number of rotatable bonds is 2. The molecule has 86 valence electrons. The van der Waals surface area contributed by atoms with Crippen molar-refractivity contribution in [3.63, 3.8) is 0 Å². The second-order valence-electron chi connectivity index (χ2n) is 4.01. The Bertz CT molecular complexity index is 359. The summed E-state index contributed by atoms with van der Waals surface area (Å²) in [7, 11) is 0. The van der Waals surface area contributed by atoms with Crippen molar-refractivity contribution in [1.82, 2.24) is 10.6 Å². The minimum atomic E-state index is -1.04. The predicted octanol–water partition coefficient (Wildman–Crippen LogP) is 0.351. The lowest BCUT2D eigenvalue weighted by Crippen LogP contribution is -2.48. The van der Waals surface area contributed by atoms with Gasteiger partial charge in [0.25, 0.3) is 5.54 Å². The third-order valence-corrected chi connectivity index (χ3v) is 2.97. The van der Waals surface area contributed by atoms with E-state index in [1.165, 1.54) is 0 Å². The molecule has 1 aromatic carbocycles. The van der Waals surface area contributed by atoms with Gasteiger partial charge in [-0.15, -0.1) is 0 Å². The summed E-state index contributed by atoms with van der Waals surface area (Å²) in [6.07, 6.45) is 0. The maximum absolute atomic E-state index is 11.4. The van der Waals surface area contributed by atoms with Crippen LogP contribution in [-0.4, -0.2) is 31.1 Å². The molecule has 1 heterocycles. The van der Waals surface area contributed by atoms with Crippen LogP contribution >= 0.6 is 0 Å². The fourth-order valence-electron chi connectivity index (χ4n) is 2.02. The molecule has 0 radical (unpaired) electrons. The number of hydrogen-bond acceptors (Lipinski definition) is 4. The van der Waals surface area contributed by atoms with Crippen molar-refractivity contribution >= 4 is 0 Å². The third kappa shape index (κ3) is 1.91. The fourth-order valence-corrected chi connectivity index (χ4v) is 2.02. The van der Waals surface area contributed by atoms with Crippen molar-refractivity contribution in [1.29, 1.82) is 0 Å². The average molecular weight is 221 g/mol. The van der Waals surface area contributed by atoms with Crippen LogP contribution in [0.5, 0.6) is 0 Å². The van der Waals surface area contributed by atoms with Gasteiger partial charge in [0.05, 0.1) is 13.1 Å². The summed E-state index contributed by atoms with van der Waals surface area (Å²) in [5, 5.41) is 17.6. The van der Waals surface area contributed by atoms with Crippen LogP contribution in [0, 0.1) is 10.1 Å². The van der Waals surface area contributed by atoms with Gasteiger partial charge < -0.3 is 10.6 Å². The Balaban J connectivity index is 2.38. The summed E-state index contributed by atoms with van der Waals surface area (Å²) in [6.45, 7) is 2.28. The molecular formula is C11H15N3O2. The molecule has 5 nitrogen and oxygen atoms in total. The molecule has 0 unspecified atom stereocenters. The smallest absolute Gasteiger partial charge is 0.271 e. The second-order valence-corrected chi connectivity index (χ2v) is 4.01. The van der Waals surface area contributed by atoms with Crippen LogP contribution in [0.25, 0.3) is 0 Å². The van der Waals surface area contributed by atoms with Gasteiger partial charge in [0.1, 0.15) is 0 Å². The Kier molecular flexibility index (Phi) is 3.17. The van der Waals surface area contributed by atoms with Gasteiger partial charge in [0.2, 0.25) is 0 Å². The minimum Gasteiger partial charge on any atom is -0.309 e. The topological polar surface area (TPSA) is 67.2 Å². The number of benzene rings is 1. The van der Waals surface area contributed by atoms with E-state index < -0.39 is 5.54 Å². The summed E-state index contributed by atoms with van der Waals surface area (Å²) in [5.41, 5.74) is -0.292. The van der Waals surface area contributed by atoms with E-state index in [2.05, 4.69) is 10.6 Å². The predicted molar refractivity (Wildman–Crippen MR) is 60.9 cm³/mol. The first-order valence-corrected chi connectivity index (χ1v) is 5.37. The van der Waals surface area contributed by atoms with E-state index in [9.17, 15) is 10.1 Å². The van der Waals surface area contributed by atoms with E-state index in [1.54, 1.807) is 0 Å². The van der Waals surface area contributed by atoms with Crippen LogP contribution in [-0.2, 0) is 5.54 Å². The highest BCUT2D eigenvalue weighted by Gasteiger charge is 2.44. The highest BCUT2D eigenvalue weighted by Crippen LogP contribution is 2.24. The van der Waals surface area contributed by atoms with E-state index in [0.717, 1.165) is 18.7 Å².